The van der Waals surface area contributed by atoms with Gasteiger partial charge in [-0.2, -0.15) is 0 Å². The zero-order chi connectivity index (χ0) is 5.82. The Balaban J connectivity index is 2.83. The van der Waals surface area contributed by atoms with Crippen LogP contribution in [0.3, 0.4) is 0 Å². The van der Waals surface area contributed by atoms with Gasteiger partial charge in [0.15, 0.2) is 0 Å². The molecular weight excluding hydrogens is 168 g/mol. The number of halogens is 1. The lowest BCUT2D eigenvalue weighted by atomic mass is 10.5. The molecule has 0 saturated carbocycles. The number of hydrogen-bond acceptors (Lipinski definition) is 2. The molecule has 1 heterocycles. The van der Waals surface area contributed by atoms with E-state index in [0.717, 1.165) is 11.0 Å². The highest BCUT2D eigenvalue weighted by atomic mass is 79.9. The van der Waals surface area contributed by atoms with Crippen molar-refractivity contribution in [1.29, 1.82) is 0 Å². The summed E-state index contributed by atoms with van der Waals surface area (Å²) in [4.78, 5) is 7.70. The Morgan fingerprint density at radius 3 is 2.88 bits per heavy atom. The third-order valence-corrected chi connectivity index (χ3v) is 1.35. The second-order valence-corrected chi connectivity index (χ2v) is 1.90. The molecule has 0 aliphatic rings. The summed E-state index contributed by atoms with van der Waals surface area (Å²) in [6, 6.07) is 1.87. The first-order valence-electron chi connectivity index (χ1n) is 2.24. The van der Waals surface area contributed by atoms with Gasteiger partial charge in [0.25, 0.3) is 0 Å². The van der Waals surface area contributed by atoms with Crippen LogP contribution < -0.4 is 0 Å². The van der Waals surface area contributed by atoms with Gasteiger partial charge in [-0.25, -0.2) is 9.97 Å². The van der Waals surface area contributed by atoms with E-state index in [9.17, 15) is 0 Å². The highest BCUT2D eigenvalue weighted by Gasteiger charge is 1.83. The molecule has 0 N–H and O–H groups in total. The van der Waals surface area contributed by atoms with E-state index in [1.807, 2.05) is 6.07 Å². The Bertz CT molecular complexity index is 152. The lowest BCUT2D eigenvalue weighted by Gasteiger charge is -1.86. The van der Waals surface area contributed by atoms with E-state index in [0.29, 0.717) is 0 Å². The Kier molecular flexibility index (Phi) is 1.97. The fourth-order valence-corrected chi connectivity index (χ4v) is 0.729. The summed E-state index contributed by atoms with van der Waals surface area (Å²) in [6.07, 6.45) is 3.26. The SMILES string of the molecule is BrCc1ccncn1. The largest absolute Gasteiger partial charge is 0.245 e. The van der Waals surface area contributed by atoms with Crippen LogP contribution in [0, 0.1) is 0 Å². The van der Waals surface area contributed by atoms with Crippen molar-refractivity contribution in [3.63, 3.8) is 0 Å². The molecule has 3 heteroatoms. The van der Waals surface area contributed by atoms with Crippen LogP contribution in [0.4, 0.5) is 0 Å². The van der Waals surface area contributed by atoms with E-state index < -0.39 is 0 Å². The topological polar surface area (TPSA) is 25.8 Å². The summed E-state index contributed by atoms with van der Waals surface area (Å²) in [5, 5.41) is 0.801. The van der Waals surface area contributed by atoms with Crippen LogP contribution in [0.5, 0.6) is 0 Å². The number of hydrogen-bond donors (Lipinski definition) is 0. The molecule has 0 aliphatic carbocycles. The number of aromatic nitrogens is 2. The summed E-state index contributed by atoms with van der Waals surface area (Å²) in [5.41, 5.74) is 1.01. The first-order valence-corrected chi connectivity index (χ1v) is 3.36. The van der Waals surface area contributed by atoms with Crippen LogP contribution in [0.25, 0.3) is 0 Å². The molecule has 8 heavy (non-hydrogen) atoms. The van der Waals surface area contributed by atoms with E-state index in [1.165, 1.54) is 6.33 Å². The van der Waals surface area contributed by atoms with Crippen molar-refractivity contribution in [2.75, 3.05) is 0 Å². The van der Waals surface area contributed by atoms with Crippen LogP contribution in [-0.2, 0) is 5.33 Å². The molecule has 0 amide bonds. The number of rotatable bonds is 1. The summed E-state index contributed by atoms with van der Waals surface area (Å²) in [6.45, 7) is 0. The predicted octanol–water partition coefficient (Wildman–Crippen LogP) is 1.37. The second-order valence-electron chi connectivity index (χ2n) is 1.33. The standard InChI is InChI=1S/C5H5BrN2/c6-3-5-1-2-7-4-8-5/h1-2,4H,3H2. The van der Waals surface area contributed by atoms with E-state index in [2.05, 4.69) is 25.9 Å². The van der Waals surface area contributed by atoms with Gasteiger partial charge in [-0.3, -0.25) is 0 Å². The minimum Gasteiger partial charge on any atom is -0.245 e. The van der Waals surface area contributed by atoms with Crippen LogP contribution in [0.1, 0.15) is 5.69 Å². The van der Waals surface area contributed by atoms with Gasteiger partial charge < -0.3 is 0 Å². The molecular formula is C5H5BrN2. The molecule has 1 rings (SSSR count). The normalized spacial score (nSPS) is 9.12. The molecule has 0 atom stereocenters. The highest BCUT2D eigenvalue weighted by molar-refractivity contribution is 9.08. The van der Waals surface area contributed by atoms with Crippen molar-refractivity contribution in [2.45, 2.75) is 5.33 Å². The summed E-state index contributed by atoms with van der Waals surface area (Å²) in [5.74, 6) is 0. The van der Waals surface area contributed by atoms with Gasteiger partial charge >= 0.3 is 0 Å². The monoisotopic (exact) mass is 172 g/mol. The Labute approximate surface area is 56.1 Å². The number of nitrogens with zero attached hydrogens (tertiary/aromatic N) is 2. The van der Waals surface area contributed by atoms with E-state index in [-0.39, 0.29) is 0 Å². The van der Waals surface area contributed by atoms with Crippen LogP contribution in [0.2, 0.25) is 0 Å². The molecule has 1 aromatic heterocycles. The van der Waals surface area contributed by atoms with Crippen molar-refractivity contribution in [3.8, 4) is 0 Å². The van der Waals surface area contributed by atoms with Gasteiger partial charge in [-0.15, -0.1) is 0 Å². The quantitative estimate of drug-likeness (QED) is 0.599. The molecule has 0 bridgehead atoms. The van der Waals surface area contributed by atoms with Gasteiger partial charge in [0.05, 0.1) is 5.69 Å². The molecule has 0 spiro atoms. The first-order chi connectivity index (χ1) is 3.93. The fourth-order valence-electron chi connectivity index (χ4n) is 0.397. The molecule has 0 unspecified atom stereocenters. The van der Waals surface area contributed by atoms with Crippen molar-refractivity contribution < 1.29 is 0 Å². The van der Waals surface area contributed by atoms with E-state index in [4.69, 9.17) is 0 Å². The zero-order valence-electron chi connectivity index (χ0n) is 4.21. The average molecular weight is 173 g/mol. The molecule has 0 fully saturated rings. The third kappa shape index (κ3) is 1.26. The summed E-state index contributed by atoms with van der Waals surface area (Å²) >= 11 is 3.27. The molecule has 0 aromatic carbocycles. The van der Waals surface area contributed by atoms with Gasteiger partial charge in [-0.05, 0) is 6.07 Å². The summed E-state index contributed by atoms with van der Waals surface area (Å²) < 4.78 is 0. The van der Waals surface area contributed by atoms with Crippen molar-refractivity contribution in [2.24, 2.45) is 0 Å². The maximum atomic E-state index is 3.94. The Morgan fingerprint density at radius 2 is 2.50 bits per heavy atom. The predicted molar refractivity (Wildman–Crippen MR) is 34.7 cm³/mol. The second kappa shape index (κ2) is 2.77. The molecule has 2 nitrogen and oxygen atoms in total. The summed E-state index contributed by atoms with van der Waals surface area (Å²) in [7, 11) is 0. The highest BCUT2D eigenvalue weighted by Crippen LogP contribution is 1.96. The van der Waals surface area contributed by atoms with E-state index in [1.54, 1.807) is 6.20 Å². The lowest BCUT2D eigenvalue weighted by molar-refractivity contribution is 1.09. The van der Waals surface area contributed by atoms with Crippen molar-refractivity contribution in [1.82, 2.24) is 9.97 Å². The van der Waals surface area contributed by atoms with Crippen LogP contribution >= 0.6 is 15.9 Å². The average Bonchev–Trinajstić information content (AvgIpc) is 1.90. The lowest BCUT2D eigenvalue weighted by Crippen LogP contribution is -1.82. The Hall–Kier alpha value is -0.440. The van der Waals surface area contributed by atoms with Gasteiger partial charge in [0.2, 0.25) is 0 Å². The molecule has 0 aliphatic heterocycles. The number of alkyl halides is 1. The molecule has 1 aromatic rings. The van der Waals surface area contributed by atoms with Crippen molar-refractivity contribution >= 4 is 15.9 Å². The Morgan fingerprint density at radius 1 is 1.62 bits per heavy atom. The maximum Gasteiger partial charge on any atom is 0.115 e. The van der Waals surface area contributed by atoms with E-state index >= 15 is 0 Å². The molecule has 0 saturated heterocycles. The van der Waals surface area contributed by atoms with Crippen molar-refractivity contribution in [3.05, 3.63) is 24.3 Å². The molecule has 42 valence electrons. The van der Waals surface area contributed by atoms with Crippen LogP contribution in [0.15, 0.2) is 18.6 Å². The minimum absolute atomic E-state index is 0.801. The minimum atomic E-state index is 0.801. The zero-order valence-corrected chi connectivity index (χ0v) is 5.80. The fraction of sp³-hybridized carbons (Fsp3) is 0.200. The van der Waals surface area contributed by atoms with Gasteiger partial charge in [-0.1, -0.05) is 15.9 Å². The third-order valence-electron chi connectivity index (χ3n) is 0.780. The molecule has 0 radical (unpaired) electrons. The van der Waals surface area contributed by atoms with Gasteiger partial charge in [0, 0.05) is 11.5 Å². The maximum absolute atomic E-state index is 3.94. The van der Waals surface area contributed by atoms with Gasteiger partial charge in [0.1, 0.15) is 6.33 Å². The first kappa shape index (κ1) is 5.69. The smallest absolute Gasteiger partial charge is 0.115 e. The van der Waals surface area contributed by atoms with Crippen LogP contribution in [-0.4, -0.2) is 9.97 Å².